The fourth-order valence-corrected chi connectivity index (χ4v) is 3.09. The van der Waals surface area contributed by atoms with E-state index in [0.717, 1.165) is 0 Å². The summed E-state index contributed by atoms with van der Waals surface area (Å²) in [6.07, 6.45) is 0. The molecule has 14 heavy (non-hydrogen) atoms. The van der Waals surface area contributed by atoms with E-state index in [0.29, 0.717) is 9.80 Å². The zero-order chi connectivity index (χ0) is 10.6. The average molecular weight is 344 g/mol. The molecule has 0 saturated heterocycles. The number of halogens is 2. The molecule has 3 nitrogen and oxygen atoms in total. The Bertz CT molecular complexity index is 403. The molecule has 0 N–H and O–H groups in total. The molecule has 0 aromatic heterocycles. The van der Waals surface area contributed by atoms with Gasteiger partial charge in [0.2, 0.25) is 0 Å². The predicted octanol–water partition coefficient (Wildman–Crippen LogP) is 2.55. The van der Waals surface area contributed by atoms with Gasteiger partial charge in [-0.3, -0.25) is 4.18 Å². The lowest BCUT2D eigenvalue weighted by Crippen LogP contribution is -2.08. The van der Waals surface area contributed by atoms with E-state index in [1.165, 1.54) is 6.07 Å². The van der Waals surface area contributed by atoms with Crippen molar-refractivity contribution in [2.75, 3.05) is 11.9 Å². The number of hydrogen-bond donors (Lipinski definition) is 0. The summed E-state index contributed by atoms with van der Waals surface area (Å²) in [5.41, 5.74) is 0. The Balaban J connectivity index is 2.99. The largest absolute Gasteiger partial charge is 0.298 e. The van der Waals surface area contributed by atoms with Crippen LogP contribution in [0.15, 0.2) is 33.6 Å². The fourth-order valence-electron chi connectivity index (χ4n) is 0.852. The highest BCUT2D eigenvalue weighted by Gasteiger charge is 2.17. The van der Waals surface area contributed by atoms with Crippen LogP contribution >= 0.6 is 31.9 Å². The standard InChI is InChI=1S/C8H8Br2O3S/c9-5-6-13-14(11,12)8-4-2-1-3-7(8)10/h1-4H,5-6H2. The molecule has 0 bridgehead atoms. The van der Waals surface area contributed by atoms with Gasteiger partial charge in [0, 0.05) is 9.80 Å². The lowest BCUT2D eigenvalue weighted by molar-refractivity contribution is 0.342. The van der Waals surface area contributed by atoms with Crippen LogP contribution in [0.5, 0.6) is 0 Å². The lowest BCUT2D eigenvalue weighted by Gasteiger charge is -2.05. The van der Waals surface area contributed by atoms with E-state index in [1.54, 1.807) is 18.2 Å². The summed E-state index contributed by atoms with van der Waals surface area (Å²) in [6, 6.07) is 6.54. The highest BCUT2D eigenvalue weighted by atomic mass is 79.9. The van der Waals surface area contributed by atoms with Gasteiger partial charge in [-0.1, -0.05) is 28.1 Å². The second kappa shape index (κ2) is 5.25. The molecule has 0 aliphatic heterocycles. The topological polar surface area (TPSA) is 43.4 Å². The normalized spacial score (nSPS) is 11.6. The van der Waals surface area contributed by atoms with Gasteiger partial charge in [-0.25, -0.2) is 0 Å². The van der Waals surface area contributed by atoms with E-state index in [-0.39, 0.29) is 11.5 Å². The maximum absolute atomic E-state index is 11.5. The van der Waals surface area contributed by atoms with Crippen molar-refractivity contribution in [2.45, 2.75) is 4.90 Å². The molecule has 0 spiro atoms. The van der Waals surface area contributed by atoms with Crippen molar-refractivity contribution < 1.29 is 12.6 Å². The van der Waals surface area contributed by atoms with Crippen LogP contribution in [0.1, 0.15) is 0 Å². The van der Waals surface area contributed by atoms with Crippen molar-refractivity contribution in [1.29, 1.82) is 0 Å². The fraction of sp³-hybridized carbons (Fsp3) is 0.250. The Morgan fingerprint density at radius 3 is 2.50 bits per heavy atom. The number of alkyl halides is 1. The molecular weight excluding hydrogens is 336 g/mol. The van der Waals surface area contributed by atoms with E-state index in [1.807, 2.05) is 0 Å². The molecule has 0 saturated carbocycles. The van der Waals surface area contributed by atoms with E-state index in [9.17, 15) is 8.42 Å². The van der Waals surface area contributed by atoms with E-state index >= 15 is 0 Å². The Morgan fingerprint density at radius 1 is 1.29 bits per heavy atom. The maximum Gasteiger partial charge on any atom is 0.298 e. The Hall–Kier alpha value is 0.0900. The molecule has 0 amide bonds. The minimum Gasteiger partial charge on any atom is -0.265 e. The Morgan fingerprint density at radius 2 is 1.93 bits per heavy atom. The Kier molecular flexibility index (Phi) is 4.56. The summed E-state index contributed by atoms with van der Waals surface area (Å²) in [6.45, 7) is 0.129. The summed E-state index contributed by atoms with van der Waals surface area (Å²) in [5, 5.41) is 0.483. The van der Waals surface area contributed by atoms with Gasteiger partial charge in [0.25, 0.3) is 10.1 Å². The van der Waals surface area contributed by atoms with Crippen LogP contribution in [0, 0.1) is 0 Å². The van der Waals surface area contributed by atoms with Gasteiger partial charge in [-0.15, -0.1) is 0 Å². The number of hydrogen-bond acceptors (Lipinski definition) is 3. The van der Waals surface area contributed by atoms with Crippen molar-refractivity contribution in [3.05, 3.63) is 28.7 Å². The molecule has 1 rings (SSSR count). The minimum absolute atomic E-state index is 0.129. The van der Waals surface area contributed by atoms with Gasteiger partial charge in [0.15, 0.2) is 0 Å². The van der Waals surface area contributed by atoms with Crippen molar-refractivity contribution in [3.63, 3.8) is 0 Å². The van der Waals surface area contributed by atoms with Crippen LogP contribution in [0.3, 0.4) is 0 Å². The second-order valence-electron chi connectivity index (χ2n) is 2.40. The van der Waals surface area contributed by atoms with Crippen LogP contribution in [0.4, 0.5) is 0 Å². The molecule has 78 valence electrons. The highest BCUT2D eigenvalue weighted by molar-refractivity contribution is 9.10. The second-order valence-corrected chi connectivity index (χ2v) is 5.63. The van der Waals surface area contributed by atoms with Crippen molar-refractivity contribution in [2.24, 2.45) is 0 Å². The summed E-state index contributed by atoms with van der Waals surface area (Å²) in [4.78, 5) is 0.154. The van der Waals surface area contributed by atoms with Crippen molar-refractivity contribution >= 4 is 42.0 Å². The summed E-state index contributed by atoms with van der Waals surface area (Å²) < 4.78 is 28.3. The number of rotatable bonds is 4. The summed E-state index contributed by atoms with van der Waals surface area (Å²) in [5.74, 6) is 0. The maximum atomic E-state index is 11.5. The average Bonchev–Trinajstić information content (AvgIpc) is 2.15. The highest BCUT2D eigenvalue weighted by Crippen LogP contribution is 2.22. The first-order chi connectivity index (χ1) is 6.58. The van der Waals surface area contributed by atoms with Crippen LogP contribution in [0.25, 0.3) is 0 Å². The number of benzene rings is 1. The van der Waals surface area contributed by atoms with Gasteiger partial charge in [0.1, 0.15) is 4.90 Å². The van der Waals surface area contributed by atoms with Gasteiger partial charge in [-0.2, -0.15) is 8.42 Å². The Labute approximate surface area is 99.8 Å². The van der Waals surface area contributed by atoms with E-state index < -0.39 is 10.1 Å². The summed E-state index contributed by atoms with van der Waals surface area (Å²) >= 11 is 6.25. The first-order valence-electron chi connectivity index (χ1n) is 3.78. The molecule has 0 heterocycles. The van der Waals surface area contributed by atoms with Gasteiger partial charge in [0.05, 0.1) is 6.61 Å². The van der Waals surface area contributed by atoms with Gasteiger partial charge in [-0.05, 0) is 28.1 Å². The third-order valence-corrected chi connectivity index (χ3v) is 4.07. The quantitative estimate of drug-likeness (QED) is 0.623. The predicted molar refractivity (Wildman–Crippen MR) is 61.1 cm³/mol. The third kappa shape index (κ3) is 3.05. The third-order valence-electron chi connectivity index (χ3n) is 1.42. The van der Waals surface area contributed by atoms with Crippen LogP contribution in [-0.2, 0) is 14.3 Å². The molecule has 0 fully saturated rings. The summed E-state index contributed by atoms with van der Waals surface area (Å²) in [7, 11) is -3.63. The minimum atomic E-state index is -3.63. The molecule has 0 aliphatic carbocycles. The van der Waals surface area contributed by atoms with E-state index in [2.05, 4.69) is 31.9 Å². The smallest absolute Gasteiger partial charge is 0.265 e. The van der Waals surface area contributed by atoms with Crippen LogP contribution < -0.4 is 0 Å². The van der Waals surface area contributed by atoms with Gasteiger partial charge < -0.3 is 0 Å². The molecule has 1 aromatic carbocycles. The molecule has 0 unspecified atom stereocenters. The van der Waals surface area contributed by atoms with Gasteiger partial charge >= 0.3 is 0 Å². The lowest BCUT2D eigenvalue weighted by atomic mass is 10.4. The van der Waals surface area contributed by atoms with E-state index in [4.69, 9.17) is 4.18 Å². The van der Waals surface area contributed by atoms with Crippen molar-refractivity contribution in [1.82, 2.24) is 0 Å². The molecule has 0 radical (unpaired) electrons. The molecular formula is C8H8Br2O3S. The molecule has 0 aliphatic rings. The zero-order valence-electron chi connectivity index (χ0n) is 7.11. The molecule has 0 atom stereocenters. The van der Waals surface area contributed by atoms with Crippen molar-refractivity contribution in [3.8, 4) is 0 Å². The molecule has 1 aromatic rings. The molecule has 6 heteroatoms. The zero-order valence-corrected chi connectivity index (χ0v) is 11.1. The first kappa shape index (κ1) is 12.2. The first-order valence-corrected chi connectivity index (χ1v) is 7.10. The van der Waals surface area contributed by atoms with Crippen LogP contribution in [0.2, 0.25) is 0 Å². The SMILES string of the molecule is O=S(=O)(OCCBr)c1ccccc1Br. The monoisotopic (exact) mass is 342 g/mol. The van der Waals surface area contributed by atoms with Crippen LogP contribution in [-0.4, -0.2) is 20.4 Å².